The van der Waals surface area contributed by atoms with Gasteiger partial charge in [0.25, 0.3) is 0 Å². The number of anilines is 1. The lowest BCUT2D eigenvalue weighted by Gasteiger charge is -2.65. The Labute approximate surface area is 127 Å². The molecule has 0 aromatic heterocycles. The van der Waals surface area contributed by atoms with Gasteiger partial charge in [0.2, 0.25) is 0 Å². The van der Waals surface area contributed by atoms with E-state index in [1.165, 1.54) is 0 Å². The Morgan fingerprint density at radius 1 is 1.24 bits per heavy atom. The maximum atomic E-state index is 11.4. The summed E-state index contributed by atoms with van der Waals surface area (Å²) in [4.78, 5) is 0. The average molecular weight is 289 g/mol. The molecule has 3 heteroatoms. The summed E-state index contributed by atoms with van der Waals surface area (Å²) in [6, 6.07) is 10.1. The van der Waals surface area contributed by atoms with E-state index in [-0.39, 0.29) is 11.5 Å². The smallest absolute Gasteiger partial charge is 0.111 e. The third-order valence-corrected chi connectivity index (χ3v) is 5.85. The van der Waals surface area contributed by atoms with Crippen LogP contribution in [0.2, 0.25) is 0 Å². The summed E-state index contributed by atoms with van der Waals surface area (Å²) in [7, 11) is 0. The number of rotatable bonds is 5. The zero-order chi connectivity index (χ0) is 15.1. The van der Waals surface area contributed by atoms with Gasteiger partial charge in [-0.3, -0.25) is 0 Å². The lowest BCUT2D eigenvalue weighted by Crippen LogP contribution is -2.70. The fourth-order valence-corrected chi connectivity index (χ4v) is 4.40. The summed E-state index contributed by atoms with van der Waals surface area (Å²) in [6.07, 6.45) is 2.06. The number of ether oxygens (including phenoxy) is 1. The zero-order valence-corrected chi connectivity index (χ0v) is 13.3. The maximum absolute atomic E-state index is 11.4. The minimum absolute atomic E-state index is 0.0458. The Morgan fingerprint density at radius 2 is 1.95 bits per heavy atom. The van der Waals surface area contributed by atoms with E-state index in [9.17, 15) is 5.11 Å². The molecule has 3 aliphatic carbocycles. The number of fused-ring (bicyclic) bond motifs is 2. The maximum Gasteiger partial charge on any atom is 0.111 e. The van der Waals surface area contributed by atoms with E-state index in [1.54, 1.807) is 0 Å². The molecule has 1 aromatic carbocycles. The van der Waals surface area contributed by atoms with Gasteiger partial charge in [-0.15, -0.1) is 0 Å². The fourth-order valence-electron chi connectivity index (χ4n) is 4.40. The fraction of sp³-hybridized carbons (Fsp3) is 0.667. The van der Waals surface area contributed by atoms with Gasteiger partial charge in [-0.2, -0.15) is 0 Å². The molecule has 0 aliphatic heterocycles. The van der Waals surface area contributed by atoms with E-state index in [0.717, 1.165) is 18.5 Å². The van der Waals surface area contributed by atoms with Crippen LogP contribution < -0.4 is 5.32 Å². The number of nitrogens with one attached hydrogen (secondary N) is 1. The Balaban J connectivity index is 1.77. The van der Waals surface area contributed by atoms with Crippen LogP contribution >= 0.6 is 0 Å². The molecular weight excluding hydrogens is 262 g/mol. The van der Waals surface area contributed by atoms with Crippen LogP contribution in [0.4, 0.5) is 5.69 Å². The number of para-hydroxylation sites is 1. The molecule has 0 unspecified atom stereocenters. The Kier molecular flexibility index (Phi) is 3.74. The highest BCUT2D eigenvalue weighted by Crippen LogP contribution is 2.63. The van der Waals surface area contributed by atoms with Crippen molar-refractivity contribution >= 4 is 5.69 Å². The summed E-state index contributed by atoms with van der Waals surface area (Å²) in [5, 5.41) is 14.8. The normalized spacial score (nSPS) is 36.9. The molecule has 0 heterocycles. The van der Waals surface area contributed by atoms with Crippen molar-refractivity contribution in [2.45, 2.75) is 45.3 Å². The van der Waals surface area contributed by atoms with Crippen molar-refractivity contribution in [2.75, 3.05) is 18.5 Å². The van der Waals surface area contributed by atoms with Crippen molar-refractivity contribution in [1.82, 2.24) is 0 Å². The van der Waals surface area contributed by atoms with E-state index < -0.39 is 5.60 Å². The van der Waals surface area contributed by atoms with Crippen molar-refractivity contribution in [3.05, 3.63) is 30.3 Å². The molecule has 0 radical (unpaired) electrons. The van der Waals surface area contributed by atoms with Crippen LogP contribution in [0.1, 0.15) is 33.6 Å². The van der Waals surface area contributed by atoms with Gasteiger partial charge >= 0.3 is 0 Å². The molecule has 3 fully saturated rings. The highest BCUT2D eigenvalue weighted by Gasteiger charge is 2.64. The quantitative estimate of drug-likeness (QED) is 0.874. The first kappa shape index (κ1) is 14.9. The largest absolute Gasteiger partial charge is 0.385 e. The third-order valence-electron chi connectivity index (χ3n) is 5.85. The van der Waals surface area contributed by atoms with Crippen molar-refractivity contribution < 1.29 is 9.84 Å². The molecule has 21 heavy (non-hydrogen) atoms. The van der Waals surface area contributed by atoms with Gasteiger partial charge in [0, 0.05) is 18.8 Å². The van der Waals surface area contributed by atoms with Crippen LogP contribution in [0, 0.1) is 17.3 Å². The van der Waals surface area contributed by atoms with Crippen LogP contribution in [0.3, 0.4) is 0 Å². The predicted octanol–water partition coefficient (Wildman–Crippen LogP) is 3.30. The molecule has 4 rings (SSSR count). The molecule has 0 saturated heterocycles. The van der Waals surface area contributed by atoms with Gasteiger partial charge in [0.1, 0.15) is 5.60 Å². The number of benzene rings is 1. The predicted molar refractivity (Wildman–Crippen MR) is 85.3 cm³/mol. The van der Waals surface area contributed by atoms with E-state index in [1.807, 2.05) is 37.3 Å². The van der Waals surface area contributed by atoms with Crippen LogP contribution in [0.25, 0.3) is 0 Å². The van der Waals surface area contributed by atoms with Gasteiger partial charge in [0.15, 0.2) is 0 Å². The summed E-state index contributed by atoms with van der Waals surface area (Å²) in [5.74, 6) is 1.01. The molecule has 0 amide bonds. The second kappa shape index (κ2) is 5.29. The van der Waals surface area contributed by atoms with Gasteiger partial charge < -0.3 is 15.2 Å². The second-order valence-electron chi connectivity index (χ2n) is 7.20. The van der Waals surface area contributed by atoms with E-state index in [4.69, 9.17) is 4.74 Å². The lowest BCUT2D eigenvalue weighted by molar-refractivity contribution is -0.257. The van der Waals surface area contributed by atoms with Crippen molar-refractivity contribution in [1.29, 1.82) is 0 Å². The molecule has 4 atom stereocenters. The Hall–Kier alpha value is -1.06. The molecule has 3 aliphatic rings. The molecule has 2 bridgehead atoms. The van der Waals surface area contributed by atoms with Crippen LogP contribution in [0.15, 0.2) is 30.3 Å². The first-order valence-corrected chi connectivity index (χ1v) is 8.11. The van der Waals surface area contributed by atoms with Crippen LogP contribution in [0.5, 0.6) is 0 Å². The topological polar surface area (TPSA) is 41.5 Å². The molecular formula is C18H27NO2. The van der Waals surface area contributed by atoms with E-state index in [0.29, 0.717) is 25.0 Å². The van der Waals surface area contributed by atoms with Gasteiger partial charge in [0.05, 0.1) is 6.10 Å². The standard InChI is InChI=1S/C18H27NO2/c1-4-21-16-11-13-10-15(17(13,2)3)18(16,20)12-19-14-8-6-5-7-9-14/h5-9,13,15-16,19-20H,4,10-12H2,1-3H3/t13-,15-,16+,18-/m0/s1. The number of hydrogen-bond acceptors (Lipinski definition) is 3. The first-order valence-electron chi connectivity index (χ1n) is 8.11. The first-order chi connectivity index (χ1) is 9.98. The summed E-state index contributed by atoms with van der Waals surface area (Å²) >= 11 is 0. The highest BCUT2D eigenvalue weighted by atomic mass is 16.5. The second-order valence-corrected chi connectivity index (χ2v) is 7.20. The molecule has 2 N–H and O–H groups in total. The van der Waals surface area contributed by atoms with Crippen molar-refractivity contribution in [3.63, 3.8) is 0 Å². The van der Waals surface area contributed by atoms with Gasteiger partial charge in [-0.05, 0) is 49.1 Å². The van der Waals surface area contributed by atoms with Crippen molar-refractivity contribution in [2.24, 2.45) is 17.3 Å². The van der Waals surface area contributed by atoms with Gasteiger partial charge in [-0.1, -0.05) is 32.0 Å². The summed E-state index contributed by atoms with van der Waals surface area (Å²) in [6.45, 7) is 7.82. The molecule has 116 valence electrons. The minimum atomic E-state index is -0.774. The molecule has 3 saturated carbocycles. The van der Waals surface area contributed by atoms with Gasteiger partial charge in [-0.25, -0.2) is 0 Å². The average Bonchev–Trinajstić information content (AvgIpc) is 2.48. The van der Waals surface area contributed by atoms with E-state index >= 15 is 0 Å². The van der Waals surface area contributed by atoms with E-state index in [2.05, 4.69) is 19.2 Å². The molecule has 0 spiro atoms. The Morgan fingerprint density at radius 3 is 2.57 bits per heavy atom. The number of aliphatic hydroxyl groups is 1. The minimum Gasteiger partial charge on any atom is -0.385 e. The number of hydrogen-bond donors (Lipinski definition) is 2. The summed E-state index contributed by atoms with van der Waals surface area (Å²) in [5.41, 5.74) is 0.505. The van der Waals surface area contributed by atoms with Crippen LogP contribution in [-0.2, 0) is 4.74 Å². The van der Waals surface area contributed by atoms with Crippen LogP contribution in [-0.4, -0.2) is 30.0 Å². The highest BCUT2D eigenvalue weighted by molar-refractivity contribution is 5.43. The monoisotopic (exact) mass is 289 g/mol. The Bertz CT molecular complexity index is 487. The SMILES string of the molecule is CCO[C@@H]1C[C@@H]2C[C@@H](C2(C)C)[C@@]1(O)CNc1ccccc1. The summed E-state index contributed by atoms with van der Waals surface area (Å²) < 4.78 is 5.89. The third kappa shape index (κ3) is 2.36. The lowest BCUT2D eigenvalue weighted by atomic mass is 9.43. The molecule has 1 aromatic rings. The van der Waals surface area contributed by atoms with Crippen molar-refractivity contribution in [3.8, 4) is 0 Å². The molecule has 3 nitrogen and oxygen atoms in total. The zero-order valence-electron chi connectivity index (χ0n) is 13.3.